The van der Waals surface area contributed by atoms with Crippen LogP contribution in [0.25, 0.3) is 0 Å². The third-order valence-corrected chi connectivity index (χ3v) is 2.50. The minimum atomic E-state index is -1.01. The maximum atomic E-state index is 11.8. The van der Waals surface area contributed by atoms with E-state index in [0.717, 1.165) is 6.08 Å². The highest BCUT2D eigenvalue weighted by molar-refractivity contribution is 5.81. The van der Waals surface area contributed by atoms with Crippen molar-refractivity contribution in [3.63, 3.8) is 0 Å². The summed E-state index contributed by atoms with van der Waals surface area (Å²) in [6.45, 7) is 7.89. The molecule has 8 nitrogen and oxygen atoms in total. The van der Waals surface area contributed by atoms with Crippen LogP contribution >= 0.6 is 0 Å². The molecule has 22 heavy (non-hydrogen) atoms. The van der Waals surface area contributed by atoms with Crippen LogP contribution in [-0.4, -0.2) is 51.2 Å². The van der Waals surface area contributed by atoms with Gasteiger partial charge in [0.15, 0.2) is 6.29 Å². The van der Waals surface area contributed by atoms with E-state index < -0.39 is 29.7 Å². The highest BCUT2D eigenvalue weighted by atomic mass is 16.7. The molecule has 0 aliphatic rings. The van der Waals surface area contributed by atoms with E-state index in [1.807, 2.05) is 0 Å². The number of hydrogen-bond acceptors (Lipinski definition) is 7. The van der Waals surface area contributed by atoms with Gasteiger partial charge in [0, 0.05) is 13.2 Å². The molecule has 0 radical (unpaired) electrons. The van der Waals surface area contributed by atoms with Crippen molar-refractivity contribution in [2.75, 3.05) is 26.9 Å². The molecule has 0 heterocycles. The van der Waals surface area contributed by atoms with Crippen molar-refractivity contribution in [2.45, 2.75) is 27.1 Å². The SMILES string of the molecule is C=CC(=O)OCCNC(=O)OCC(C)(C)C(=O)OC(C)OC. The summed E-state index contributed by atoms with van der Waals surface area (Å²) >= 11 is 0. The quantitative estimate of drug-likeness (QED) is 0.223. The van der Waals surface area contributed by atoms with Gasteiger partial charge < -0.3 is 24.3 Å². The lowest BCUT2D eigenvalue weighted by Crippen LogP contribution is -2.37. The van der Waals surface area contributed by atoms with E-state index in [9.17, 15) is 14.4 Å². The van der Waals surface area contributed by atoms with E-state index in [4.69, 9.17) is 14.2 Å². The number of nitrogens with one attached hydrogen (secondary N) is 1. The molecule has 0 spiro atoms. The lowest BCUT2D eigenvalue weighted by Gasteiger charge is -2.24. The number of esters is 2. The maximum absolute atomic E-state index is 11.8. The Kier molecular flexibility index (Phi) is 8.85. The molecular weight excluding hydrogens is 294 g/mol. The summed E-state index contributed by atoms with van der Waals surface area (Å²) in [5.74, 6) is -1.12. The fourth-order valence-electron chi connectivity index (χ4n) is 1.08. The van der Waals surface area contributed by atoms with Gasteiger partial charge in [-0.05, 0) is 20.8 Å². The highest BCUT2D eigenvalue weighted by Gasteiger charge is 2.32. The summed E-state index contributed by atoms with van der Waals surface area (Å²) in [7, 11) is 1.41. The molecule has 0 saturated carbocycles. The van der Waals surface area contributed by atoms with Crippen molar-refractivity contribution in [1.82, 2.24) is 5.32 Å². The van der Waals surface area contributed by atoms with E-state index in [1.165, 1.54) is 7.11 Å². The number of amides is 1. The van der Waals surface area contributed by atoms with Crippen molar-refractivity contribution >= 4 is 18.0 Å². The molecule has 0 saturated heterocycles. The zero-order chi connectivity index (χ0) is 17.2. The minimum absolute atomic E-state index is 0.00323. The second-order valence-corrected chi connectivity index (χ2v) is 4.97. The number of methoxy groups -OCH3 is 1. The first-order chi connectivity index (χ1) is 10.2. The van der Waals surface area contributed by atoms with Crippen LogP contribution in [0.2, 0.25) is 0 Å². The summed E-state index contributed by atoms with van der Waals surface area (Å²) < 4.78 is 19.4. The second-order valence-electron chi connectivity index (χ2n) is 4.97. The molecular formula is C14H23NO7. The number of carbonyl (C=O) groups is 3. The maximum Gasteiger partial charge on any atom is 0.407 e. The van der Waals surface area contributed by atoms with E-state index in [1.54, 1.807) is 20.8 Å². The van der Waals surface area contributed by atoms with Crippen LogP contribution in [0.1, 0.15) is 20.8 Å². The van der Waals surface area contributed by atoms with Crippen molar-refractivity contribution in [3.05, 3.63) is 12.7 Å². The molecule has 0 aromatic heterocycles. The molecule has 1 amide bonds. The van der Waals surface area contributed by atoms with Crippen LogP contribution in [0, 0.1) is 5.41 Å². The Morgan fingerprint density at radius 2 is 1.91 bits per heavy atom. The predicted molar refractivity (Wildman–Crippen MR) is 76.9 cm³/mol. The van der Waals surface area contributed by atoms with E-state index in [2.05, 4.69) is 16.6 Å². The summed E-state index contributed by atoms with van der Waals surface area (Å²) in [5.41, 5.74) is -1.01. The van der Waals surface area contributed by atoms with Gasteiger partial charge in [0.25, 0.3) is 0 Å². The Balaban J connectivity index is 4.03. The van der Waals surface area contributed by atoms with Gasteiger partial charge >= 0.3 is 18.0 Å². The molecule has 1 unspecified atom stereocenters. The first-order valence-electron chi connectivity index (χ1n) is 6.66. The molecule has 8 heteroatoms. The van der Waals surface area contributed by atoms with Crippen LogP contribution in [0.4, 0.5) is 4.79 Å². The van der Waals surface area contributed by atoms with Gasteiger partial charge in [-0.3, -0.25) is 4.79 Å². The normalized spacial score (nSPS) is 12.0. The van der Waals surface area contributed by atoms with Gasteiger partial charge in [0.2, 0.25) is 0 Å². The molecule has 0 aliphatic heterocycles. The van der Waals surface area contributed by atoms with Crippen molar-refractivity contribution in [1.29, 1.82) is 0 Å². The van der Waals surface area contributed by atoms with Crippen LogP contribution in [0.3, 0.4) is 0 Å². The van der Waals surface area contributed by atoms with Gasteiger partial charge in [-0.15, -0.1) is 0 Å². The highest BCUT2D eigenvalue weighted by Crippen LogP contribution is 2.19. The molecule has 0 bridgehead atoms. The molecule has 0 fully saturated rings. The van der Waals surface area contributed by atoms with Gasteiger partial charge in [-0.25, -0.2) is 9.59 Å². The smallest absolute Gasteiger partial charge is 0.407 e. The second kappa shape index (κ2) is 9.78. The summed E-state index contributed by atoms with van der Waals surface area (Å²) in [6, 6.07) is 0. The predicted octanol–water partition coefficient (Wildman–Crippen LogP) is 1.00. The van der Waals surface area contributed by atoms with Crippen LogP contribution in [0.5, 0.6) is 0 Å². The first-order valence-corrected chi connectivity index (χ1v) is 6.66. The third-order valence-electron chi connectivity index (χ3n) is 2.50. The number of ether oxygens (including phenoxy) is 4. The molecule has 0 rings (SSSR count). The minimum Gasteiger partial charge on any atom is -0.461 e. The fraction of sp³-hybridized carbons (Fsp3) is 0.643. The number of rotatable bonds is 9. The van der Waals surface area contributed by atoms with E-state index >= 15 is 0 Å². The van der Waals surface area contributed by atoms with Crippen molar-refractivity contribution < 1.29 is 33.3 Å². The largest absolute Gasteiger partial charge is 0.461 e. The van der Waals surface area contributed by atoms with Gasteiger partial charge in [-0.2, -0.15) is 0 Å². The Bertz CT molecular complexity index is 406. The van der Waals surface area contributed by atoms with Crippen LogP contribution in [-0.2, 0) is 28.5 Å². The zero-order valence-corrected chi connectivity index (χ0v) is 13.3. The molecule has 0 aliphatic carbocycles. The summed E-state index contributed by atoms with van der Waals surface area (Å²) in [6.07, 6.45) is -0.386. The average molecular weight is 317 g/mol. The van der Waals surface area contributed by atoms with Gasteiger partial charge in [0.1, 0.15) is 13.2 Å². The fourth-order valence-corrected chi connectivity index (χ4v) is 1.08. The standard InChI is InChI=1S/C14H23NO7/c1-6-11(16)20-8-7-15-13(18)21-9-14(3,4)12(17)22-10(2)19-5/h6,10H,1,7-9H2,2-5H3,(H,15,18). The molecule has 1 N–H and O–H groups in total. The van der Waals surface area contributed by atoms with Gasteiger partial charge in [-0.1, -0.05) is 6.58 Å². The monoisotopic (exact) mass is 317 g/mol. The van der Waals surface area contributed by atoms with Crippen LogP contribution < -0.4 is 5.32 Å². The molecule has 0 aromatic rings. The number of alkyl carbamates (subject to hydrolysis) is 1. The lowest BCUT2D eigenvalue weighted by molar-refractivity contribution is -0.182. The van der Waals surface area contributed by atoms with Crippen LogP contribution in [0.15, 0.2) is 12.7 Å². The first kappa shape index (κ1) is 19.9. The van der Waals surface area contributed by atoms with E-state index in [0.29, 0.717) is 0 Å². The van der Waals surface area contributed by atoms with Crippen molar-refractivity contribution in [3.8, 4) is 0 Å². The Labute approximate surface area is 129 Å². The van der Waals surface area contributed by atoms with Crippen molar-refractivity contribution in [2.24, 2.45) is 5.41 Å². The van der Waals surface area contributed by atoms with Gasteiger partial charge in [0.05, 0.1) is 12.0 Å². The molecule has 0 aromatic carbocycles. The lowest BCUT2D eigenvalue weighted by atomic mass is 9.95. The zero-order valence-electron chi connectivity index (χ0n) is 13.3. The third kappa shape index (κ3) is 8.25. The summed E-state index contributed by atoms with van der Waals surface area (Å²) in [4.78, 5) is 34.0. The number of carbonyl (C=O) groups excluding carboxylic acids is 3. The molecule has 126 valence electrons. The average Bonchev–Trinajstić information content (AvgIpc) is 2.48. The molecule has 1 atom stereocenters. The Morgan fingerprint density at radius 1 is 1.27 bits per heavy atom. The Morgan fingerprint density at radius 3 is 2.45 bits per heavy atom. The topological polar surface area (TPSA) is 100 Å². The summed E-state index contributed by atoms with van der Waals surface area (Å²) in [5, 5.41) is 2.38. The Hall–Kier alpha value is -2.09. The number of hydrogen-bond donors (Lipinski definition) is 1. The van der Waals surface area contributed by atoms with E-state index in [-0.39, 0.29) is 19.8 Å².